The summed E-state index contributed by atoms with van der Waals surface area (Å²) in [5, 5.41) is 0. The minimum absolute atomic E-state index is 0.344. The number of hydrogen-bond acceptors (Lipinski definition) is 3. The van der Waals surface area contributed by atoms with E-state index in [0.29, 0.717) is 17.4 Å². The highest BCUT2D eigenvalue weighted by Crippen LogP contribution is 2.40. The Kier molecular flexibility index (Phi) is 3.33. The second kappa shape index (κ2) is 4.40. The number of ether oxygens (including phenoxy) is 1. The Hall–Kier alpha value is -0.120. The highest BCUT2D eigenvalue weighted by Gasteiger charge is 2.39. The molecular weight excluding hydrogens is 188 g/mol. The number of nitrogens with zero attached hydrogens (tertiary/aromatic N) is 1. The van der Waals surface area contributed by atoms with Crippen molar-refractivity contribution in [2.45, 2.75) is 32.7 Å². The van der Waals surface area contributed by atoms with E-state index in [1.807, 2.05) is 0 Å². The predicted octanol–water partition coefficient (Wildman–Crippen LogP) is 1.08. The van der Waals surface area contributed by atoms with Crippen LogP contribution in [0.1, 0.15) is 26.7 Å². The summed E-state index contributed by atoms with van der Waals surface area (Å²) in [6, 6.07) is 0.375. The van der Waals surface area contributed by atoms with E-state index >= 15 is 0 Å². The van der Waals surface area contributed by atoms with E-state index in [1.165, 1.54) is 19.4 Å². The number of rotatable bonds is 2. The molecule has 1 heterocycles. The third-order valence-electron chi connectivity index (χ3n) is 4.17. The molecule has 2 rings (SSSR count). The zero-order valence-electron chi connectivity index (χ0n) is 10.0. The van der Waals surface area contributed by atoms with E-state index in [1.54, 1.807) is 0 Å². The second-order valence-corrected chi connectivity index (χ2v) is 5.73. The Morgan fingerprint density at radius 1 is 1.33 bits per heavy atom. The molecular formula is C12H24N2O. The topological polar surface area (TPSA) is 38.5 Å². The van der Waals surface area contributed by atoms with Crippen LogP contribution in [0, 0.1) is 11.3 Å². The SMILES string of the molecule is CC1(C)CCC(CN2CCOCC2)C1N. The fourth-order valence-corrected chi connectivity index (χ4v) is 2.86. The molecule has 1 aliphatic carbocycles. The average molecular weight is 212 g/mol. The van der Waals surface area contributed by atoms with Crippen LogP contribution >= 0.6 is 0 Å². The summed E-state index contributed by atoms with van der Waals surface area (Å²) in [4.78, 5) is 2.51. The summed E-state index contributed by atoms with van der Waals surface area (Å²) in [5.41, 5.74) is 6.66. The van der Waals surface area contributed by atoms with Crippen molar-refractivity contribution >= 4 is 0 Å². The molecule has 0 amide bonds. The third kappa shape index (κ3) is 2.52. The fourth-order valence-electron chi connectivity index (χ4n) is 2.86. The summed E-state index contributed by atoms with van der Waals surface area (Å²) in [5.74, 6) is 0.693. The van der Waals surface area contributed by atoms with Crippen molar-refractivity contribution in [3.05, 3.63) is 0 Å². The molecule has 1 saturated heterocycles. The lowest BCUT2D eigenvalue weighted by atomic mass is 9.85. The minimum Gasteiger partial charge on any atom is -0.379 e. The molecule has 0 aromatic rings. The Bertz CT molecular complexity index is 212. The first-order valence-electron chi connectivity index (χ1n) is 6.15. The van der Waals surface area contributed by atoms with Crippen molar-refractivity contribution in [2.24, 2.45) is 17.1 Å². The molecule has 1 saturated carbocycles. The van der Waals surface area contributed by atoms with Gasteiger partial charge in [0.15, 0.2) is 0 Å². The Labute approximate surface area is 93.0 Å². The lowest BCUT2D eigenvalue weighted by molar-refractivity contribution is 0.0290. The van der Waals surface area contributed by atoms with Gasteiger partial charge in [0.25, 0.3) is 0 Å². The molecule has 2 atom stereocenters. The van der Waals surface area contributed by atoms with Gasteiger partial charge in [0.2, 0.25) is 0 Å². The van der Waals surface area contributed by atoms with Crippen LogP contribution in [0.15, 0.2) is 0 Å². The monoisotopic (exact) mass is 212 g/mol. The van der Waals surface area contributed by atoms with Crippen molar-refractivity contribution in [1.82, 2.24) is 4.90 Å². The van der Waals surface area contributed by atoms with Gasteiger partial charge in [-0.25, -0.2) is 0 Å². The van der Waals surface area contributed by atoms with Gasteiger partial charge in [-0.2, -0.15) is 0 Å². The maximum absolute atomic E-state index is 6.32. The molecule has 88 valence electrons. The first-order valence-corrected chi connectivity index (χ1v) is 6.15. The van der Waals surface area contributed by atoms with Gasteiger partial charge >= 0.3 is 0 Å². The average Bonchev–Trinajstić information content (AvgIpc) is 2.47. The van der Waals surface area contributed by atoms with Gasteiger partial charge in [0, 0.05) is 25.7 Å². The van der Waals surface area contributed by atoms with Crippen LogP contribution in [0.25, 0.3) is 0 Å². The lowest BCUT2D eigenvalue weighted by Crippen LogP contribution is -2.45. The predicted molar refractivity (Wildman–Crippen MR) is 61.7 cm³/mol. The van der Waals surface area contributed by atoms with Crippen molar-refractivity contribution < 1.29 is 4.74 Å². The van der Waals surface area contributed by atoms with E-state index in [0.717, 1.165) is 26.3 Å². The maximum atomic E-state index is 6.32. The fraction of sp³-hybridized carbons (Fsp3) is 1.00. The Balaban J connectivity index is 1.84. The molecule has 1 aliphatic heterocycles. The summed E-state index contributed by atoms with van der Waals surface area (Å²) in [7, 11) is 0. The summed E-state index contributed by atoms with van der Waals surface area (Å²) < 4.78 is 5.36. The van der Waals surface area contributed by atoms with Crippen molar-refractivity contribution in [1.29, 1.82) is 0 Å². The number of nitrogens with two attached hydrogens (primary N) is 1. The summed E-state index contributed by atoms with van der Waals surface area (Å²) >= 11 is 0. The molecule has 0 aromatic carbocycles. The molecule has 0 spiro atoms. The zero-order chi connectivity index (χ0) is 10.9. The van der Waals surface area contributed by atoms with Crippen molar-refractivity contribution in [3.8, 4) is 0 Å². The molecule has 15 heavy (non-hydrogen) atoms. The van der Waals surface area contributed by atoms with Gasteiger partial charge < -0.3 is 10.5 Å². The van der Waals surface area contributed by atoms with Crippen molar-refractivity contribution in [3.63, 3.8) is 0 Å². The molecule has 3 nitrogen and oxygen atoms in total. The standard InChI is InChI=1S/C12H24N2O/c1-12(2)4-3-10(11(12)13)9-14-5-7-15-8-6-14/h10-11H,3-9,13H2,1-2H3. The zero-order valence-corrected chi connectivity index (χ0v) is 10.0. The lowest BCUT2D eigenvalue weighted by Gasteiger charge is -2.32. The molecule has 2 unspecified atom stereocenters. The third-order valence-corrected chi connectivity index (χ3v) is 4.17. The first-order chi connectivity index (χ1) is 7.09. The Morgan fingerprint density at radius 3 is 2.53 bits per heavy atom. The van der Waals surface area contributed by atoms with Gasteiger partial charge in [-0.15, -0.1) is 0 Å². The van der Waals surface area contributed by atoms with Crippen LogP contribution in [0.5, 0.6) is 0 Å². The van der Waals surface area contributed by atoms with E-state index in [4.69, 9.17) is 10.5 Å². The molecule has 0 bridgehead atoms. The molecule has 2 aliphatic rings. The minimum atomic E-state index is 0.344. The Morgan fingerprint density at radius 2 is 2.00 bits per heavy atom. The van der Waals surface area contributed by atoms with E-state index in [9.17, 15) is 0 Å². The molecule has 0 radical (unpaired) electrons. The quantitative estimate of drug-likeness (QED) is 0.744. The molecule has 2 N–H and O–H groups in total. The maximum Gasteiger partial charge on any atom is 0.0594 e. The van der Waals surface area contributed by atoms with Crippen LogP contribution in [-0.2, 0) is 4.74 Å². The van der Waals surface area contributed by atoms with Crippen LogP contribution in [0.2, 0.25) is 0 Å². The van der Waals surface area contributed by atoms with Gasteiger partial charge in [-0.05, 0) is 24.2 Å². The van der Waals surface area contributed by atoms with Crippen LogP contribution < -0.4 is 5.73 Å². The number of hydrogen-bond donors (Lipinski definition) is 1. The van der Waals surface area contributed by atoms with Crippen molar-refractivity contribution in [2.75, 3.05) is 32.8 Å². The second-order valence-electron chi connectivity index (χ2n) is 5.73. The van der Waals surface area contributed by atoms with Crippen LogP contribution in [0.3, 0.4) is 0 Å². The first kappa shape index (κ1) is 11.4. The van der Waals surface area contributed by atoms with Gasteiger partial charge in [0.1, 0.15) is 0 Å². The van der Waals surface area contributed by atoms with Gasteiger partial charge in [-0.3, -0.25) is 4.90 Å². The van der Waals surface area contributed by atoms with Gasteiger partial charge in [-0.1, -0.05) is 13.8 Å². The van der Waals surface area contributed by atoms with E-state index in [2.05, 4.69) is 18.7 Å². The summed E-state index contributed by atoms with van der Waals surface area (Å²) in [6.45, 7) is 9.74. The van der Waals surface area contributed by atoms with Crippen LogP contribution in [0.4, 0.5) is 0 Å². The summed E-state index contributed by atoms with van der Waals surface area (Å²) in [6.07, 6.45) is 2.58. The van der Waals surface area contributed by atoms with E-state index < -0.39 is 0 Å². The molecule has 3 heteroatoms. The molecule has 2 fully saturated rings. The molecule has 0 aromatic heterocycles. The highest BCUT2D eigenvalue weighted by molar-refractivity contribution is 4.95. The smallest absolute Gasteiger partial charge is 0.0594 e. The normalized spacial score (nSPS) is 37.0. The highest BCUT2D eigenvalue weighted by atomic mass is 16.5. The van der Waals surface area contributed by atoms with Crippen LogP contribution in [-0.4, -0.2) is 43.8 Å². The van der Waals surface area contributed by atoms with E-state index in [-0.39, 0.29) is 0 Å². The largest absolute Gasteiger partial charge is 0.379 e. The number of morpholine rings is 1. The van der Waals surface area contributed by atoms with Gasteiger partial charge in [0.05, 0.1) is 13.2 Å².